The van der Waals surface area contributed by atoms with Gasteiger partial charge in [0.05, 0.1) is 39.9 Å². The smallest absolute Gasteiger partial charge is 0.243 e. The monoisotopic (exact) mass is 734 g/mol. The van der Waals surface area contributed by atoms with Crippen LogP contribution < -0.4 is 30.4 Å². The number of ether oxygens (including phenoxy) is 4. The lowest BCUT2D eigenvalue weighted by molar-refractivity contribution is -0.133. The summed E-state index contributed by atoms with van der Waals surface area (Å²) in [5, 5.41) is 12.5. The predicted molar refractivity (Wildman–Crippen MR) is 212 cm³/mol. The molecule has 0 fully saturated rings. The molecule has 0 aliphatic carbocycles. The molecular weight excluding hydrogens is 684 g/mol. The molecule has 0 bridgehead atoms. The van der Waals surface area contributed by atoms with Crippen molar-refractivity contribution in [3.05, 3.63) is 107 Å². The SMILES string of the molecule is CCC1CC(=O)N(CCc2ccc(N)cc2)N=C1c1ccc(OC)c(OC)c1.COc1ccc(C2=NN(CCc3ccc(N)cc3)C(=O)CC2)cc1OC. The van der Waals surface area contributed by atoms with E-state index in [1.54, 1.807) is 38.5 Å². The van der Waals surface area contributed by atoms with Gasteiger partial charge < -0.3 is 30.4 Å². The Hall–Kier alpha value is -6.04. The van der Waals surface area contributed by atoms with Gasteiger partial charge in [0.2, 0.25) is 11.8 Å². The van der Waals surface area contributed by atoms with Crippen molar-refractivity contribution in [1.29, 1.82) is 0 Å². The standard InChI is InChI=1S/C22H27N3O3.C20H23N3O3/c1-4-16-14-21(26)25(12-11-15-5-8-18(23)9-6-15)24-22(16)17-7-10-19(27-2)20(13-17)28-3;1-25-18-9-5-15(13-19(18)26-2)17-8-10-20(24)23(22-17)12-11-14-3-6-16(21)7-4-14/h5-10,13,16H,4,11-12,14,23H2,1-3H3;3-7,9,13H,8,10-12,21H2,1-2H3. The average molecular weight is 735 g/mol. The second-order valence-electron chi connectivity index (χ2n) is 13.0. The van der Waals surface area contributed by atoms with Crippen LogP contribution in [0.25, 0.3) is 0 Å². The number of nitrogens with zero attached hydrogens (tertiary/aromatic N) is 4. The van der Waals surface area contributed by atoms with Gasteiger partial charge in [0, 0.05) is 60.8 Å². The Morgan fingerprint density at radius 1 is 0.611 bits per heavy atom. The number of benzene rings is 4. The molecule has 1 atom stereocenters. The molecule has 0 spiro atoms. The van der Waals surface area contributed by atoms with Crippen molar-refractivity contribution in [3.63, 3.8) is 0 Å². The molecular formula is C42H50N6O6. The van der Waals surface area contributed by atoms with E-state index in [4.69, 9.17) is 35.5 Å². The summed E-state index contributed by atoms with van der Waals surface area (Å²) in [6, 6.07) is 26.9. The largest absolute Gasteiger partial charge is 0.493 e. The third-order valence-corrected chi connectivity index (χ3v) is 9.50. The quantitative estimate of drug-likeness (QED) is 0.151. The molecule has 2 aliphatic heterocycles. The molecule has 2 aliphatic rings. The lowest BCUT2D eigenvalue weighted by Gasteiger charge is -2.29. The van der Waals surface area contributed by atoms with Crippen molar-refractivity contribution in [2.75, 3.05) is 53.0 Å². The molecule has 4 aromatic carbocycles. The molecule has 284 valence electrons. The number of carbonyl (C=O) groups excluding carboxylic acids is 2. The summed E-state index contributed by atoms with van der Waals surface area (Å²) in [6.45, 7) is 3.16. The minimum absolute atomic E-state index is 0.0460. The number of amides is 2. The van der Waals surface area contributed by atoms with Crippen molar-refractivity contribution in [1.82, 2.24) is 10.0 Å². The van der Waals surface area contributed by atoms with Crippen LogP contribution in [0.15, 0.2) is 95.1 Å². The summed E-state index contributed by atoms with van der Waals surface area (Å²) in [6.07, 6.45) is 3.85. The lowest BCUT2D eigenvalue weighted by Crippen LogP contribution is -2.38. The predicted octanol–water partition coefficient (Wildman–Crippen LogP) is 6.35. The molecule has 1 unspecified atom stereocenters. The minimum Gasteiger partial charge on any atom is -0.493 e. The van der Waals surface area contributed by atoms with E-state index >= 15 is 0 Å². The number of hydrazone groups is 2. The van der Waals surface area contributed by atoms with Gasteiger partial charge >= 0.3 is 0 Å². The summed E-state index contributed by atoms with van der Waals surface area (Å²) in [4.78, 5) is 24.8. The Labute approximate surface area is 317 Å². The Kier molecular flexibility index (Phi) is 13.5. The fourth-order valence-electron chi connectivity index (χ4n) is 6.32. The fourth-order valence-corrected chi connectivity index (χ4v) is 6.32. The Balaban J connectivity index is 0.000000208. The van der Waals surface area contributed by atoms with E-state index in [1.807, 2.05) is 84.9 Å². The Morgan fingerprint density at radius 3 is 1.59 bits per heavy atom. The van der Waals surface area contributed by atoms with Crippen LogP contribution in [-0.4, -0.2) is 74.8 Å². The van der Waals surface area contributed by atoms with Crippen molar-refractivity contribution >= 4 is 34.6 Å². The van der Waals surface area contributed by atoms with Crippen LogP contribution in [-0.2, 0) is 22.4 Å². The topological polar surface area (TPSA) is 154 Å². The maximum Gasteiger partial charge on any atom is 0.243 e. The van der Waals surface area contributed by atoms with Crippen LogP contribution in [0.2, 0.25) is 0 Å². The highest BCUT2D eigenvalue weighted by atomic mass is 16.5. The number of nitrogen functional groups attached to an aromatic ring is 2. The van der Waals surface area contributed by atoms with Crippen LogP contribution in [0.5, 0.6) is 23.0 Å². The summed E-state index contributed by atoms with van der Waals surface area (Å²) in [7, 11) is 6.44. The highest BCUT2D eigenvalue weighted by Crippen LogP contribution is 2.32. The van der Waals surface area contributed by atoms with Crippen LogP contribution >= 0.6 is 0 Å². The van der Waals surface area contributed by atoms with E-state index in [0.29, 0.717) is 55.4 Å². The first-order valence-corrected chi connectivity index (χ1v) is 18.1. The first-order chi connectivity index (χ1) is 26.2. The number of methoxy groups -OCH3 is 4. The van der Waals surface area contributed by atoms with E-state index in [1.165, 1.54) is 0 Å². The van der Waals surface area contributed by atoms with E-state index in [2.05, 4.69) is 12.0 Å². The van der Waals surface area contributed by atoms with Crippen LogP contribution in [0.4, 0.5) is 11.4 Å². The zero-order chi connectivity index (χ0) is 38.6. The number of hydrogen-bond donors (Lipinski definition) is 2. The summed E-state index contributed by atoms with van der Waals surface area (Å²) in [5.74, 6) is 2.85. The van der Waals surface area contributed by atoms with Crippen molar-refractivity contribution < 1.29 is 28.5 Å². The number of hydrogen-bond acceptors (Lipinski definition) is 10. The molecule has 54 heavy (non-hydrogen) atoms. The summed E-state index contributed by atoms with van der Waals surface area (Å²) >= 11 is 0. The van der Waals surface area contributed by atoms with E-state index in [9.17, 15) is 9.59 Å². The van der Waals surface area contributed by atoms with Crippen LogP contribution in [0.1, 0.15) is 54.9 Å². The Morgan fingerprint density at radius 2 is 1.09 bits per heavy atom. The van der Waals surface area contributed by atoms with E-state index in [-0.39, 0.29) is 17.7 Å². The molecule has 2 amide bonds. The lowest BCUT2D eigenvalue weighted by atomic mass is 9.89. The van der Waals surface area contributed by atoms with Crippen LogP contribution in [0.3, 0.4) is 0 Å². The second-order valence-corrected chi connectivity index (χ2v) is 13.0. The maximum atomic E-state index is 12.6. The molecule has 6 rings (SSSR count). The zero-order valence-electron chi connectivity index (χ0n) is 31.7. The summed E-state index contributed by atoms with van der Waals surface area (Å²) < 4.78 is 21.4. The highest BCUT2D eigenvalue weighted by molar-refractivity contribution is 6.06. The minimum atomic E-state index is 0.0460. The molecule has 12 heteroatoms. The third-order valence-electron chi connectivity index (χ3n) is 9.50. The van der Waals surface area contributed by atoms with Crippen molar-refractivity contribution in [2.24, 2.45) is 16.1 Å². The fraction of sp³-hybridized carbons (Fsp3) is 0.333. The first kappa shape index (κ1) is 39.2. The van der Waals surface area contributed by atoms with Gasteiger partial charge in [-0.2, -0.15) is 10.2 Å². The summed E-state index contributed by atoms with van der Waals surface area (Å²) in [5.41, 5.74) is 18.9. The van der Waals surface area contributed by atoms with Crippen molar-refractivity contribution in [2.45, 2.75) is 45.4 Å². The molecule has 4 N–H and O–H groups in total. The number of rotatable bonds is 13. The average Bonchev–Trinajstić information content (AvgIpc) is 3.20. The van der Waals surface area contributed by atoms with Crippen LogP contribution in [0, 0.1) is 5.92 Å². The first-order valence-electron chi connectivity index (χ1n) is 18.1. The van der Waals surface area contributed by atoms with Gasteiger partial charge in [0.25, 0.3) is 0 Å². The normalized spacial score (nSPS) is 15.5. The molecule has 12 nitrogen and oxygen atoms in total. The number of anilines is 2. The molecule has 0 saturated heterocycles. The van der Waals surface area contributed by atoms with Gasteiger partial charge in [-0.25, -0.2) is 10.0 Å². The molecule has 0 saturated carbocycles. The van der Waals surface area contributed by atoms with Crippen molar-refractivity contribution in [3.8, 4) is 23.0 Å². The maximum absolute atomic E-state index is 12.6. The van der Waals surface area contributed by atoms with Gasteiger partial charge in [-0.3, -0.25) is 9.59 Å². The van der Waals surface area contributed by atoms with Gasteiger partial charge in [-0.15, -0.1) is 0 Å². The molecule has 4 aromatic rings. The number of nitrogens with two attached hydrogens (primary N) is 2. The number of carbonyl (C=O) groups is 2. The van der Waals surface area contributed by atoms with Gasteiger partial charge in [-0.1, -0.05) is 31.2 Å². The third kappa shape index (κ3) is 9.88. The van der Waals surface area contributed by atoms with E-state index in [0.717, 1.165) is 64.3 Å². The molecule has 2 heterocycles. The molecule has 0 radical (unpaired) electrons. The Bertz CT molecular complexity index is 1960. The van der Waals surface area contributed by atoms with Gasteiger partial charge in [0.1, 0.15) is 0 Å². The highest BCUT2D eigenvalue weighted by Gasteiger charge is 2.29. The van der Waals surface area contributed by atoms with Gasteiger partial charge in [0.15, 0.2) is 23.0 Å². The molecule has 0 aromatic heterocycles. The van der Waals surface area contributed by atoms with E-state index < -0.39 is 0 Å². The second kappa shape index (κ2) is 18.6. The zero-order valence-corrected chi connectivity index (χ0v) is 31.7. The van der Waals surface area contributed by atoms with Gasteiger partial charge in [-0.05, 0) is 91.1 Å².